The zero-order chi connectivity index (χ0) is 22.4. The van der Waals surface area contributed by atoms with E-state index in [9.17, 15) is 14.4 Å². The number of aryl methyl sites for hydroxylation is 1. The van der Waals surface area contributed by atoms with Gasteiger partial charge in [0.15, 0.2) is 4.34 Å². The van der Waals surface area contributed by atoms with Crippen molar-refractivity contribution in [3.8, 4) is 11.1 Å². The van der Waals surface area contributed by atoms with E-state index in [0.29, 0.717) is 14.9 Å². The van der Waals surface area contributed by atoms with Gasteiger partial charge in [0.2, 0.25) is 11.8 Å². The molecule has 0 aliphatic rings. The summed E-state index contributed by atoms with van der Waals surface area (Å²) in [6.45, 7) is 3.79. The summed E-state index contributed by atoms with van der Waals surface area (Å²) in [6, 6.07) is 9.48. The number of thiazole rings is 1. The van der Waals surface area contributed by atoms with Gasteiger partial charge in [-0.15, -0.1) is 22.7 Å². The average Bonchev–Trinajstić information content (AvgIpc) is 3.30. The van der Waals surface area contributed by atoms with E-state index in [-0.39, 0.29) is 24.7 Å². The molecular formula is C21H21N3O4S3. The molecule has 0 saturated heterocycles. The quantitative estimate of drug-likeness (QED) is 0.356. The Kier molecular flexibility index (Phi) is 7.83. The van der Waals surface area contributed by atoms with Crippen LogP contribution in [-0.4, -0.2) is 35.1 Å². The molecular weight excluding hydrogens is 454 g/mol. The molecule has 31 heavy (non-hydrogen) atoms. The largest absolute Gasteiger partial charge is 0.462 e. The fraction of sp³-hybridized carbons (Fsp3) is 0.238. The summed E-state index contributed by atoms with van der Waals surface area (Å²) >= 11 is 3.90. The lowest BCUT2D eigenvalue weighted by atomic mass is 10.0. The van der Waals surface area contributed by atoms with E-state index in [4.69, 9.17) is 10.5 Å². The number of esters is 1. The average molecular weight is 476 g/mol. The van der Waals surface area contributed by atoms with Gasteiger partial charge in [-0.05, 0) is 19.4 Å². The number of benzene rings is 1. The summed E-state index contributed by atoms with van der Waals surface area (Å²) in [7, 11) is 0. The summed E-state index contributed by atoms with van der Waals surface area (Å²) < 4.78 is 5.90. The van der Waals surface area contributed by atoms with Crippen molar-refractivity contribution in [1.29, 1.82) is 0 Å². The zero-order valence-corrected chi connectivity index (χ0v) is 19.4. The molecule has 1 aromatic carbocycles. The van der Waals surface area contributed by atoms with Crippen molar-refractivity contribution in [2.24, 2.45) is 5.73 Å². The second-order valence-corrected chi connectivity index (χ2v) is 9.59. The molecule has 0 fully saturated rings. The van der Waals surface area contributed by atoms with Crippen LogP contribution in [0.1, 0.15) is 27.9 Å². The maximum Gasteiger partial charge on any atom is 0.341 e. The molecule has 0 aliphatic heterocycles. The van der Waals surface area contributed by atoms with Crippen LogP contribution in [0.3, 0.4) is 0 Å². The normalized spacial score (nSPS) is 10.6. The molecule has 10 heteroatoms. The second-order valence-electron chi connectivity index (χ2n) is 6.41. The number of ether oxygens (including phenoxy) is 1. The molecule has 0 unspecified atom stereocenters. The van der Waals surface area contributed by atoms with E-state index in [2.05, 4.69) is 10.3 Å². The van der Waals surface area contributed by atoms with Gasteiger partial charge in [-0.25, -0.2) is 9.78 Å². The molecule has 3 aromatic rings. The molecule has 0 bridgehead atoms. The molecule has 2 amide bonds. The Hall–Kier alpha value is -2.69. The molecule has 2 heterocycles. The van der Waals surface area contributed by atoms with Crippen LogP contribution in [-0.2, 0) is 20.7 Å². The Bertz CT molecular complexity index is 1090. The van der Waals surface area contributed by atoms with E-state index < -0.39 is 11.9 Å². The summed E-state index contributed by atoms with van der Waals surface area (Å²) in [4.78, 5) is 41.5. The van der Waals surface area contributed by atoms with Crippen molar-refractivity contribution < 1.29 is 19.1 Å². The van der Waals surface area contributed by atoms with Gasteiger partial charge in [0, 0.05) is 15.8 Å². The van der Waals surface area contributed by atoms with Crippen molar-refractivity contribution in [3.63, 3.8) is 0 Å². The van der Waals surface area contributed by atoms with Crippen LogP contribution in [0.4, 0.5) is 5.00 Å². The van der Waals surface area contributed by atoms with Gasteiger partial charge >= 0.3 is 5.97 Å². The third-order valence-corrected chi connectivity index (χ3v) is 7.34. The first-order valence-corrected chi connectivity index (χ1v) is 12.1. The van der Waals surface area contributed by atoms with Crippen LogP contribution >= 0.6 is 34.4 Å². The van der Waals surface area contributed by atoms with Crippen LogP contribution < -0.4 is 11.1 Å². The predicted molar refractivity (Wildman–Crippen MR) is 125 cm³/mol. The monoisotopic (exact) mass is 475 g/mol. The molecule has 0 atom stereocenters. The number of thiophene rings is 1. The van der Waals surface area contributed by atoms with Crippen LogP contribution in [0.2, 0.25) is 0 Å². The summed E-state index contributed by atoms with van der Waals surface area (Å²) in [5, 5.41) is 5.11. The molecule has 162 valence electrons. The van der Waals surface area contributed by atoms with Crippen LogP contribution in [0.15, 0.2) is 40.1 Å². The maximum absolute atomic E-state index is 12.6. The number of anilines is 1. The highest BCUT2D eigenvalue weighted by atomic mass is 32.2. The van der Waals surface area contributed by atoms with Gasteiger partial charge in [0.05, 0.1) is 24.5 Å². The van der Waals surface area contributed by atoms with Crippen LogP contribution in [0.5, 0.6) is 0 Å². The highest BCUT2D eigenvalue weighted by Gasteiger charge is 2.23. The fourth-order valence-electron chi connectivity index (χ4n) is 2.76. The van der Waals surface area contributed by atoms with Gasteiger partial charge < -0.3 is 15.8 Å². The number of hydrogen-bond acceptors (Lipinski definition) is 8. The summed E-state index contributed by atoms with van der Waals surface area (Å²) in [6.07, 6.45) is 0.136. The topological polar surface area (TPSA) is 111 Å². The van der Waals surface area contributed by atoms with Crippen LogP contribution in [0.25, 0.3) is 11.1 Å². The first-order valence-electron chi connectivity index (χ1n) is 9.40. The van der Waals surface area contributed by atoms with Gasteiger partial charge in [-0.2, -0.15) is 0 Å². The number of primary amides is 1. The van der Waals surface area contributed by atoms with Gasteiger partial charge in [-0.3, -0.25) is 9.59 Å². The lowest BCUT2D eigenvalue weighted by Gasteiger charge is -2.08. The molecule has 0 aliphatic carbocycles. The number of nitrogens with zero attached hydrogens (tertiary/aromatic N) is 1. The summed E-state index contributed by atoms with van der Waals surface area (Å²) in [5.41, 5.74) is 7.93. The third kappa shape index (κ3) is 5.93. The maximum atomic E-state index is 12.6. The zero-order valence-electron chi connectivity index (χ0n) is 17.0. The Morgan fingerprint density at radius 2 is 1.97 bits per heavy atom. The smallest absolute Gasteiger partial charge is 0.341 e. The highest BCUT2D eigenvalue weighted by Crippen LogP contribution is 2.36. The van der Waals surface area contributed by atoms with Crippen molar-refractivity contribution in [2.75, 3.05) is 17.7 Å². The van der Waals surface area contributed by atoms with Crippen LogP contribution in [0, 0.1) is 6.92 Å². The number of thioether (sulfide) groups is 1. The predicted octanol–water partition coefficient (Wildman–Crippen LogP) is 4.12. The number of hydrogen-bond donors (Lipinski definition) is 2. The first-order chi connectivity index (χ1) is 14.9. The third-order valence-electron chi connectivity index (χ3n) is 4.14. The molecule has 3 rings (SSSR count). The van der Waals surface area contributed by atoms with Gasteiger partial charge in [-0.1, -0.05) is 42.1 Å². The second kappa shape index (κ2) is 10.6. The molecule has 3 N–H and O–H groups in total. The van der Waals surface area contributed by atoms with E-state index in [1.54, 1.807) is 13.8 Å². The number of aromatic nitrogens is 1. The minimum absolute atomic E-state index is 0.115. The Morgan fingerprint density at radius 3 is 2.65 bits per heavy atom. The molecule has 0 spiro atoms. The Labute approximate surface area is 192 Å². The van der Waals surface area contributed by atoms with Crippen molar-refractivity contribution in [1.82, 2.24) is 4.98 Å². The van der Waals surface area contributed by atoms with E-state index in [1.807, 2.05) is 35.7 Å². The Balaban J connectivity index is 1.73. The number of amides is 2. The standard InChI is InChI=1S/C21H21N3O4S3/c1-3-28-20(27)18-14(13-7-5-4-6-8-13)10-29-19(18)24-17(26)11-30-21-23-12(2)15(31-21)9-16(22)25/h4-8,10H,3,9,11H2,1-2H3,(H2,22,25)(H,24,26). The van der Waals surface area contributed by atoms with Gasteiger partial charge in [0.1, 0.15) is 10.6 Å². The van der Waals surface area contributed by atoms with Crippen molar-refractivity contribution >= 4 is 57.2 Å². The minimum atomic E-state index is -0.475. The summed E-state index contributed by atoms with van der Waals surface area (Å²) in [5.74, 6) is -1.04. The fourth-order valence-corrected chi connectivity index (χ4v) is 5.78. The molecule has 0 saturated carbocycles. The molecule has 2 aromatic heterocycles. The minimum Gasteiger partial charge on any atom is -0.462 e. The lowest BCUT2D eigenvalue weighted by molar-refractivity contribution is -0.117. The van der Waals surface area contributed by atoms with Crippen molar-refractivity contribution in [2.45, 2.75) is 24.6 Å². The molecule has 0 radical (unpaired) electrons. The number of carbonyl (C=O) groups excluding carboxylic acids is 3. The highest BCUT2D eigenvalue weighted by molar-refractivity contribution is 8.01. The van der Waals surface area contributed by atoms with E-state index >= 15 is 0 Å². The van der Waals surface area contributed by atoms with Crippen molar-refractivity contribution in [3.05, 3.63) is 51.8 Å². The van der Waals surface area contributed by atoms with Gasteiger partial charge in [0.25, 0.3) is 0 Å². The number of rotatable bonds is 9. The number of carbonyl (C=O) groups is 3. The molecule has 7 nitrogen and oxygen atoms in total. The first kappa shape index (κ1) is 23.0. The number of nitrogens with two attached hydrogens (primary N) is 1. The van der Waals surface area contributed by atoms with E-state index in [0.717, 1.165) is 21.7 Å². The van der Waals surface area contributed by atoms with E-state index in [1.165, 1.54) is 34.4 Å². The Morgan fingerprint density at radius 1 is 1.23 bits per heavy atom. The lowest BCUT2D eigenvalue weighted by Crippen LogP contribution is -2.16. The SMILES string of the molecule is CCOC(=O)c1c(-c2ccccc2)csc1NC(=O)CSc1nc(C)c(CC(N)=O)s1. The number of nitrogens with one attached hydrogen (secondary N) is 1.